The van der Waals surface area contributed by atoms with Gasteiger partial charge in [0.1, 0.15) is 11.6 Å². The van der Waals surface area contributed by atoms with Crippen LogP contribution in [0, 0.1) is 18.6 Å². The zero-order valence-corrected chi connectivity index (χ0v) is 11.5. The lowest BCUT2D eigenvalue weighted by atomic mass is 9.98. The summed E-state index contributed by atoms with van der Waals surface area (Å²) in [5.41, 5.74) is 3.11. The molecule has 1 aromatic heterocycles. The highest BCUT2D eigenvalue weighted by atomic mass is 19.1. The van der Waals surface area contributed by atoms with Crippen molar-refractivity contribution in [2.75, 3.05) is 0 Å². The van der Waals surface area contributed by atoms with Crippen LogP contribution in [-0.2, 0) is 7.05 Å². The lowest BCUT2D eigenvalue weighted by molar-refractivity contribution is 0.111. The molecular formula is C16H12F2N2O. The molecule has 0 N–H and O–H groups in total. The number of rotatable bonds is 2. The first-order valence-electron chi connectivity index (χ1n) is 6.38. The van der Waals surface area contributed by atoms with Crippen molar-refractivity contribution in [3.63, 3.8) is 0 Å². The molecule has 0 aliphatic rings. The van der Waals surface area contributed by atoms with Gasteiger partial charge in [-0.25, -0.2) is 13.8 Å². The molecule has 106 valence electrons. The fourth-order valence-electron chi connectivity index (χ4n) is 2.51. The average molecular weight is 286 g/mol. The number of carbonyl (C=O) groups is 1. The van der Waals surface area contributed by atoms with Crippen LogP contribution in [0.2, 0.25) is 0 Å². The van der Waals surface area contributed by atoms with E-state index in [2.05, 4.69) is 4.98 Å². The van der Waals surface area contributed by atoms with Crippen molar-refractivity contribution in [1.29, 1.82) is 0 Å². The summed E-state index contributed by atoms with van der Waals surface area (Å²) >= 11 is 0. The van der Waals surface area contributed by atoms with Crippen molar-refractivity contribution in [2.24, 2.45) is 7.05 Å². The number of aromatic nitrogens is 2. The van der Waals surface area contributed by atoms with Crippen molar-refractivity contribution in [2.45, 2.75) is 6.92 Å². The molecular weight excluding hydrogens is 274 g/mol. The summed E-state index contributed by atoms with van der Waals surface area (Å²) < 4.78 is 29.4. The molecule has 0 saturated carbocycles. The number of halogens is 2. The van der Waals surface area contributed by atoms with Crippen molar-refractivity contribution in [3.05, 3.63) is 53.4 Å². The predicted octanol–water partition coefficient (Wildman–Crippen LogP) is 3.64. The third-order valence-corrected chi connectivity index (χ3v) is 3.66. The third kappa shape index (κ3) is 2.01. The maximum Gasteiger partial charge on any atom is 0.155 e. The van der Waals surface area contributed by atoms with E-state index < -0.39 is 17.2 Å². The van der Waals surface area contributed by atoms with Gasteiger partial charge in [-0.2, -0.15) is 0 Å². The fourth-order valence-corrected chi connectivity index (χ4v) is 2.51. The molecule has 0 aliphatic heterocycles. The fraction of sp³-hybridized carbons (Fsp3) is 0.125. The Kier molecular flexibility index (Phi) is 3.05. The number of hydrogen-bond donors (Lipinski definition) is 0. The largest absolute Gasteiger partial charge is 0.334 e. The Hall–Kier alpha value is -2.56. The molecule has 21 heavy (non-hydrogen) atoms. The summed E-state index contributed by atoms with van der Waals surface area (Å²) in [7, 11) is 1.88. The number of benzene rings is 2. The standard InChI is InChI=1S/C16H12F2N2O/c1-9-11(3-4-15-16(9)19-8-20(15)2)10-5-13(17)12(7-21)14(18)6-10/h3-8H,1-2H3. The Morgan fingerprint density at radius 1 is 1.19 bits per heavy atom. The SMILES string of the molecule is Cc1c(-c2cc(F)c(C=O)c(F)c2)ccc2c1ncn2C. The van der Waals surface area contributed by atoms with Gasteiger partial charge in [-0.1, -0.05) is 6.07 Å². The lowest BCUT2D eigenvalue weighted by Gasteiger charge is -2.09. The van der Waals surface area contributed by atoms with E-state index in [4.69, 9.17) is 0 Å². The van der Waals surface area contributed by atoms with Crippen LogP contribution in [0.1, 0.15) is 15.9 Å². The van der Waals surface area contributed by atoms with Crippen LogP contribution in [0.3, 0.4) is 0 Å². The summed E-state index contributed by atoms with van der Waals surface area (Å²) in [5, 5.41) is 0. The molecule has 1 heterocycles. The van der Waals surface area contributed by atoms with E-state index in [-0.39, 0.29) is 6.29 Å². The van der Waals surface area contributed by atoms with Crippen LogP contribution < -0.4 is 0 Å². The van der Waals surface area contributed by atoms with Gasteiger partial charge >= 0.3 is 0 Å². The number of carbonyl (C=O) groups excluding carboxylic acids is 1. The van der Waals surface area contributed by atoms with Crippen LogP contribution in [0.5, 0.6) is 0 Å². The highest BCUT2D eigenvalue weighted by Crippen LogP contribution is 2.30. The monoisotopic (exact) mass is 286 g/mol. The van der Waals surface area contributed by atoms with Crippen molar-refractivity contribution in [1.82, 2.24) is 9.55 Å². The highest BCUT2D eigenvalue weighted by Gasteiger charge is 2.14. The number of aryl methyl sites for hydroxylation is 2. The first-order valence-corrected chi connectivity index (χ1v) is 6.38. The molecule has 0 unspecified atom stereocenters. The Labute approximate surface area is 119 Å². The second kappa shape index (κ2) is 4.77. The summed E-state index contributed by atoms with van der Waals surface area (Å²) in [6.07, 6.45) is 1.88. The molecule has 0 radical (unpaired) electrons. The van der Waals surface area contributed by atoms with E-state index in [9.17, 15) is 13.6 Å². The maximum atomic E-state index is 13.8. The van der Waals surface area contributed by atoms with Gasteiger partial charge in [-0.3, -0.25) is 4.79 Å². The van der Waals surface area contributed by atoms with Crippen molar-refractivity contribution < 1.29 is 13.6 Å². The second-order valence-electron chi connectivity index (χ2n) is 4.93. The maximum absolute atomic E-state index is 13.8. The molecule has 5 heteroatoms. The van der Waals surface area contributed by atoms with E-state index in [0.29, 0.717) is 11.1 Å². The minimum Gasteiger partial charge on any atom is -0.334 e. The Bertz CT molecular complexity index is 845. The summed E-state index contributed by atoms with van der Waals surface area (Å²) in [6, 6.07) is 6.00. The number of imidazole rings is 1. The highest BCUT2D eigenvalue weighted by molar-refractivity contribution is 5.87. The molecule has 0 spiro atoms. The van der Waals surface area contributed by atoms with Crippen LogP contribution in [0.25, 0.3) is 22.2 Å². The summed E-state index contributed by atoms with van der Waals surface area (Å²) in [4.78, 5) is 14.9. The molecule has 3 aromatic rings. The van der Waals surface area contributed by atoms with Gasteiger partial charge in [0, 0.05) is 7.05 Å². The third-order valence-electron chi connectivity index (χ3n) is 3.66. The number of hydrogen-bond acceptors (Lipinski definition) is 2. The quantitative estimate of drug-likeness (QED) is 0.674. The van der Waals surface area contributed by atoms with Crippen LogP contribution >= 0.6 is 0 Å². The Balaban J connectivity index is 2.25. The van der Waals surface area contributed by atoms with E-state index in [1.54, 1.807) is 12.4 Å². The first-order chi connectivity index (χ1) is 10.0. The topological polar surface area (TPSA) is 34.9 Å². The van der Waals surface area contributed by atoms with E-state index >= 15 is 0 Å². The van der Waals surface area contributed by atoms with Gasteiger partial charge in [-0.05, 0) is 41.8 Å². The molecule has 0 bridgehead atoms. The number of fused-ring (bicyclic) bond motifs is 1. The Morgan fingerprint density at radius 2 is 1.86 bits per heavy atom. The summed E-state index contributed by atoms with van der Waals surface area (Å²) in [5.74, 6) is -1.72. The second-order valence-corrected chi connectivity index (χ2v) is 4.93. The minimum atomic E-state index is -0.861. The van der Waals surface area contributed by atoms with Crippen LogP contribution in [0.4, 0.5) is 8.78 Å². The van der Waals surface area contributed by atoms with Crippen molar-refractivity contribution >= 4 is 17.3 Å². The van der Waals surface area contributed by atoms with E-state index in [1.165, 1.54) is 12.1 Å². The lowest BCUT2D eigenvalue weighted by Crippen LogP contribution is -1.96. The van der Waals surface area contributed by atoms with Gasteiger partial charge < -0.3 is 4.57 Å². The molecule has 0 fully saturated rings. The zero-order valence-electron chi connectivity index (χ0n) is 11.5. The van der Waals surface area contributed by atoms with Crippen molar-refractivity contribution in [3.8, 4) is 11.1 Å². The average Bonchev–Trinajstić information content (AvgIpc) is 2.81. The predicted molar refractivity (Wildman–Crippen MR) is 76.2 cm³/mol. The minimum absolute atomic E-state index is 0.184. The van der Waals surface area contributed by atoms with Gasteiger partial charge in [0.25, 0.3) is 0 Å². The number of aldehydes is 1. The molecule has 3 rings (SSSR count). The van der Waals surface area contributed by atoms with Crippen LogP contribution in [0.15, 0.2) is 30.6 Å². The van der Waals surface area contributed by atoms with Gasteiger partial charge in [0.05, 0.1) is 22.9 Å². The summed E-state index contributed by atoms with van der Waals surface area (Å²) in [6.45, 7) is 1.86. The first kappa shape index (κ1) is 13.4. The van der Waals surface area contributed by atoms with Crippen LogP contribution in [-0.4, -0.2) is 15.8 Å². The zero-order chi connectivity index (χ0) is 15.1. The van der Waals surface area contributed by atoms with Gasteiger partial charge in [-0.15, -0.1) is 0 Å². The molecule has 3 nitrogen and oxygen atoms in total. The van der Waals surface area contributed by atoms with Gasteiger partial charge in [0.15, 0.2) is 6.29 Å². The molecule has 2 aromatic carbocycles. The molecule has 0 atom stereocenters. The molecule has 0 saturated heterocycles. The van der Waals surface area contributed by atoms with Gasteiger partial charge in [0.2, 0.25) is 0 Å². The molecule has 0 aliphatic carbocycles. The normalized spacial score (nSPS) is 11.0. The number of nitrogens with zero attached hydrogens (tertiary/aromatic N) is 2. The van der Waals surface area contributed by atoms with E-state index in [1.807, 2.05) is 24.6 Å². The van der Waals surface area contributed by atoms with E-state index in [0.717, 1.165) is 16.6 Å². The Morgan fingerprint density at radius 3 is 2.48 bits per heavy atom. The molecule has 0 amide bonds. The smallest absolute Gasteiger partial charge is 0.155 e.